The summed E-state index contributed by atoms with van der Waals surface area (Å²) in [6, 6.07) is -0.517. The Labute approximate surface area is 152 Å². The highest BCUT2D eigenvalue weighted by Crippen LogP contribution is 2.01. The molecular weight excluding hydrogens is 324 g/mol. The van der Waals surface area contributed by atoms with Crippen LogP contribution < -0.4 is 10.6 Å². The molecule has 25 heavy (non-hydrogen) atoms. The summed E-state index contributed by atoms with van der Waals surface area (Å²) < 4.78 is 16.2. The fourth-order valence-electron chi connectivity index (χ4n) is 1.97. The van der Waals surface area contributed by atoms with E-state index in [2.05, 4.69) is 24.5 Å². The third-order valence-electron chi connectivity index (χ3n) is 3.44. The Kier molecular flexibility index (Phi) is 14.4. The SMILES string of the molecule is CC(=O)NC(C(=O)NCCOCCOCCOCCC(C)C)C(C)C. The van der Waals surface area contributed by atoms with Crippen molar-refractivity contribution in [2.24, 2.45) is 11.8 Å². The van der Waals surface area contributed by atoms with Crippen LogP contribution in [0.3, 0.4) is 0 Å². The molecule has 2 N–H and O–H groups in total. The molecule has 0 rings (SSSR count). The molecule has 1 atom stereocenters. The highest BCUT2D eigenvalue weighted by Gasteiger charge is 2.22. The van der Waals surface area contributed by atoms with Gasteiger partial charge in [-0.1, -0.05) is 27.7 Å². The van der Waals surface area contributed by atoms with Crippen molar-refractivity contribution in [3.63, 3.8) is 0 Å². The summed E-state index contributed by atoms with van der Waals surface area (Å²) in [5.74, 6) is 0.281. The smallest absolute Gasteiger partial charge is 0.242 e. The molecule has 7 heteroatoms. The van der Waals surface area contributed by atoms with E-state index >= 15 is 0 Å². The van der Waals surface area contributed by atoms with Crippen molar-refractivity contribution in [2.75, 3.05) is 46.2 Å². The van der Waals surface area contributed by atoms with Gasteiger partial charge < -0.3 is 24.8 Å². The van der Waals surface area contributed by atoms with Gasteiger partial charge in [0.15, 0.2) is 0 Å². The first-order valence-corrected chi connectivity index (χ1v) is 9.12. The van der Waals surface area contributed by atoms with Crippen molar-refractivity contribution < 1.29 is 23.8 Å². The van der Waals surface area contributed by atoms with Crippen molar-refractivity contribution in [1.29, 1.82) is 0 Å². The summed E-state index contributed by atoms with van der Waals surface area (Å²) in [5.41, 5.74) is 0. The van der Waals surface area contributed by atoms with Gasteiger partial charge in [0.1, 0.15) is 6.04 Å². The van der Waals surface area contributed by atoms with Gasteiger partial charge in [0.25, 0.3) is 0 Å². The summed E-state index contributed by atoms with van der Waals surface area (Å²) in [5, 5.41) is 5.42. The maximum absolute atomic E-state index is 12.0. The van der Waals surface area contributed by atoms with E-state index in [1.54, 1.807) is 0 Å². The number of rotatable bonds is 15. The minimum Gasteiger partial charge on any atom is -0.379 e. The van der Waals surface area contributed by atoms with E-state index in [1.807, 2.05) is 13.8 Å². The topological polar surface area (TPSA) is 85.9 Å². The lowest BCUT2D eigenvalue weighted by molar-refractivity contribution is -0.129. The zero-order valence-corrected chi connectivity index (χ0v) is 16.4. The van der Waals surface area contributed by atoms with Gasteiger partial charge in [-0.05, 0) is 18.3 Å². The molecule has 0 aliphatic carbocycles. The molecule has 0 radical (unpaired) electrons. The van der Waals surface area contributed by atoms with E-state index in [0.717, 1.165) is 13.0 Å². The highest BCUT2D eigenvalue weighted by atomic mass is 16.5. The zero-order valence-electron chi connectivity index (χ0n) is 16.4. The second kappa shape index (κ2) is 15.1. The second-order valence-corrected chi connectivity index (χ2v) is 6.73. The van der Waals surface area contributed by atoms with Gasteiger partial charge in [0.2, 0.25) is 11.8 Å². The number of carbonyl (C=O) groups is 2. The second-order valence-electron chi connectivity index (χ2n) is 6.73. The Morgan fingerprint density at radius 2 is 1.36 bits per heavy atom. The quantitative estimate of drug-likeness (QED) is 0.431. The van der Waals surface area contributed by atoms with Gasteiger partial charge in [0.05, 0.1) is 33.0 Å². The van der Waals surface area contributed by atoms with E-state index in [0.29, 0.717) is 45.5 Å². The van der Waals surface area contributed by atoms with E-state index in [4.69, 9.17) is 14.2 Å². The Hall–Kier alpha value is -1.18. The van der Waals surface area contributed by atoms with Crippen LogP contribution in [-0.2, 0) is 23.8 Å². The first-order valence-electron chi connectivity index (χ1n) is 9.12. The summed E-state index contributed by atoms with van der Waals surface area (Å²) in [6.45, 7) is 13.2. The van der Waals surface area contributed by atoms with Crippen LogP contribution in [-0.4, -0.2) is 64.0 Å². The van der Waals surface area contributed by atoms with Crippen LogP contribution in [0, 0.1) is 11.8 Å². The lowest BCUT2D eigenvalue weighted by atomic mass is 10.0. The highest BCUT2D eigenvalue weighted by molar-refractivity contribution is 5.86. The molecule has 0 spiro atoms. The molecule has 2 amide bonds. The van der Waals surface area contributed by atoms with Crippen LogP contribution in [0.1, 0.15) is 41.0 Å². The molecule has 0 aromatic carbocycles. The third-order valence-corrected chi connectivity index (χ3v) is 3.44. The number of carbonyl (C=O) groups excluding carboxylic acids is 2. The molecule has 0 aromatic rings. The molecule has 1 unspecified atom stereocenters. The Bertz CT molecular complexity index is 361. The minimum absolute atomic E-state index is 0.0287. The van der Waals surface area contributed by atoms with Crippen LogP contribution >= 0.6 is 0 Å². The molecule has 0 saturated heterocycles. The van der Waals surface area contributed by atoms with Gasteiger partial charge in [-0.15, -0.1) is 0 Å². The molecule has 0 aliphatic rings. The summed E-state index contributed by atoms with van der Waals surface area (Å²) in [4.78, 5) is 23.1. The molecule has 148 valence electrons. The fourth-order valence-corrected chi connectivity index (χ4v) is 1.97. The lowest BCUT2D eigenvalue weighted by Gasteiger charge is -2.20. The van der Waals surface area contributed by atoms with Gasteiger partial charge >= 0.3 is 0 Å². The van der Waals surface area contributed by atoms with Crippen LogP contribution in [0.25, 0.3) is 0 Å². The minimum atomic E-state index is -0.517. The number of hydrogen-bond donors (Lipinski definition) is 2. The van der Waals surface area contributed by atoms with E-state index in [-0.39, 0.29) is 17.7 Å². The molecule has 0 aromatic heterocycles. The van der Waals surface area contributed by atoms with Crippen molar-refractivity contribution in [1.82, 2.24) is 10.6 Å². The molecule has 7 nitrogen and oxygen atoms in total. The summed E-state index contributed by atoms with van der Waals surface area (Å²) in [7, 11) is 0. The van der Waals surface area contributed by atoms with E-state index in [9.17, 15) is 9.59 Å². The molecule has 0 aliphatic heterocycles. The van der Waals surface area contributed by atoms with Crippen LogP contribution in [0.2, 0.25) is 0 Å². The number of amides is 2. The van der Waals surface area contributed by atoms with Crippen LogP contribution in [0.15, 0.2) is 0 Å². The van der Waals surface area contributed by atoms with Crippen LogP contribution in [0.5, 0.6) is 0 Å². The van der Waals surface area contributed by atoms with Crippen molar-refractivity contribution in [2.45, 2.75) is 47.1 Å². The number of ether oxygens (including phenoxy) is 3. The average molecular weight is 360 g/mol. The third kappa shape index (κ3) is 14.8. The molecule has 0 heterocycles. The normalized spacial score (nSPS) is 12.4. The first kappa shape index (κ1) is 23.8. The van der Waals surface area contributed by atoms with E-state index in [1.165, 1.54) is 6.92 Å². The van der Waals surface area contributed by atoms with Gasteiger partial charge in [-0.25, -0.2) is 0 Å². The maximum atomic E-state index is 12.0. The van der Waals surface area contributed by atoms with Crippen molar-refractivity contribution in [3.8, 4) is 0 Å². The number of hydrogen-bond acceptors (Lipinski definition) is 5. The van der Waals surface area contributed by atoms with E-state index < -0.39 is 6.04 Å². The monoisotopic (exact) mass is 360 g/mol. The Morgan fingerprint density at radius 1 is 0.840 bits per heavy atom. The Balaban J connectivity index is 3.51. The zero-order chi connectivity index (χ0) is 19.1. The molecular formula is C18H36N2O5. The van der Waals surface area contributed by atoms with Gasteiger partial charge in [-0.3, -0.25) is 9.59 Å². The van der Waals surface area contributed by atoms with Crippen LogP contribution in [0.4, 0.5) is 0 Å². The predicted molar refractivity (Wildman–Crippen MR) is 97.4 cm³/mol. The molecule has 0 bridgehead atoms. The fraction of sp³-hybridized carbons (Fsp3) is 0.889. The number of nitrogens with one attached hydrogen (secondary N) is 2. The van der Waals surface area contributed by atoms with Gasteiger partial charge in [-0.2, -0.15) is 0 Å². The van der Waals surface area contributed by atoms with Crippen molar-refractivity contribution in [3.05, 3.63) is 0 Å². The van der Waals surface area contributed by atoms with Gasteiger partial charge in [0, 0.05) is 20.1 Å². The maximum Gasteiger partial charge on any atom is 0.242 e. The molecule has 0 fully saturated rings. The summed E-state index contributed by atoms with van der Waals surface area (Å²) >= 11 is 0. The van der Waals surface area contributed by atoms with Crippen molar-refractivity contribution >= 4 is 11.8 Å². The Morgan fingerprint density at radius 3 is 1.84 bits per heavy atom. The summed E-state index contributed by atoms with van der Waals surface area (Å²) in [6.07, 6.45) is 1.06. The predicted octanol–water partition coefficient (Wildman–Crippen LogP) is 1.36. The lowest BCUT2D eigenvalue weighted by Crippen LogP contribution is -2.49. The standard InChI is InChI=1S/C18H36N2O5/c1-14(2)6-8-23-10-12-25-13-11-24-9-7-19-18(22)17(15(3)4)20-16(5)21/h14-15,17H,6-13H2,1-5H3,(H,19,22)(H,20,21). The first-order chi connectivity index (χ1) is 11.8. The molecule has 0 saturated carbocycles. The average Bonchev–Trinajstić information content (AvgIpc) is 2.52. The largest absolute Gasteiger partial charge is 0.379 e.